The van der Waals surface area contributed by atoms with Gasteiger partial charge in [-0.15, -0.1) is 0 Å². The summed E-state index contributed by atoms with van der Waals surface area (Å²) >= 11 is 0. The minimum Gasteiger partial charge on any atom is -0.256 e. The Morgan fingerprint density at radius 2 is 1.80 bits per heavy atom. The molecule has 1 heteroatoms. The Hall–Kier alpha value is -1.89. The van der Waals surface area contributed by atoms with Gasteiger partial charge in [0.15, 0.2) is 0 Å². The fourth-order valence-electron chi connectivity index (χ4n) is 4.53. The minimum atomic E-state index is 0.568. The van der Waals surface area contributed by atoms with Crippen molar-refractivity contribution in [2.75, 3.05) is 0 Å². The molecule has 1 nitrogen and oxygen atoms in total. The third kappa shape index (κ3) is 3.17. The molecule has 0 saturated heterocycles. The van der Waals surface area contributed by atoms with Crippen LogP contribution >= 0.6 is 0 Å². The van der Waals surface area contributed by atoms with Gasteiger partial charge in [-0.3, -0.25) is 4.98 Å². The highest BCUT2D eigenvalue weighted by molar-refractivity contribution is 5.95. The van der Waals surface area contributed by atoms with Crippen LogP contribution in [0, 0.1) is 11.8 Å². The molecule has 1 aromatic heterocycles. The summed E-state index contributed by atoms with van der Waals surface area (Å²) in [7, 11) is 0. The maximum absolute atomic E-state index is 4.75. The molecule has 2 aliphatic rings. The molecule has 2 unspecified atom stereocenters. The monoisotopic (exact) mass is 331 g/mol. The van der Waals surface area contributed by atoms with Crippen LogP contribution in [-0.4, -0.2) is 4.98 Å². The third-order valence-electron chi connectivity index (χ3n) is 6.47. The maximum Gasteiger partial charge on any atom is 0.0777 e. The number of pyridine rings is 1. The highest BCUT2D eigenvalue weighted by atomic mass is 14.7. The van der Waals surface area contributed by atoms with Crippen molar-refractivity contribution in [3.63, 3.8) is 0 Å². The van der Waals surface area contributed by atoms with Crippen molar-refractivity contribution in [2.45, 2.75) is 58.8 Å². The number of aromatic nitrogens is 1. The largest absolute Gasteiger partial charge is 0.256 e. The van der Waals surface area contributed by atoms with Gasteiger partial charge < -0.3 is 0 Å². The Kier molecular flexibility index (Phi) is 4.50. The van der Waals surface area contributed by atoms with Gasteiger partial charge in [0, 0.05) is 11.6 Å². The third-order valence-corrected chi connectivity index (χ3v) is 6.47. The molecule has 1 saturated carbocycles. The molecule has 0 aliphatic heterocycles. The first-order valence-electron chi connectivity index (χ1n) is 9.92. The molecule has 25 heavy (non-hydrogen) atoms. The average Bonchev–Trinajstić information content (AvgIpc) is 2.65. The Labute approximate surface area is 151 Å². The smallest absolute Gasteiger partial charge is 0.0777 e. The summed E-state index contributed by atoms with van der Waals surface area (Å²) in [5, 5.41) is 2.63. The van der Waals surface area contributed by atoms with E-state index in [1.54, 1.807) is 0 Å². The number of fused-ring (bicyclic) bond motifs is 1. The number of rotatable bonds is 2. The lowest BCUT2D eigenvalue weighted by Gasteiger charge is -2.25. The van der Waals surface area contributed by atoms with E-state index in [2.05, 4.69) is 57.2 Å². The van der Waals surface area contributed by atoms with E-state index in [0.717, 1.165) is 11.6 Å². The molecular formula is C24H29N. The lowest BCUT2D eigenvalue weighted by molar-refractivity contribution is 0.444. The van der Waals surface area contributed by atoms with Crippen molar-refractivity contribution >= 4 is 16.3 Å². The lowest BCUT2D eigenvalue weighted by Crippen LogP contribution is -2.11. The van der Waals surface area contributed by atoms with Crippen molar-refractivity contribution in [1.29, 1.82) is 0 Å². The zero-order chi connectivity index (χ0) is 17.4. The van der Waals surface area contributed by atoms with E-state index in [0.29, 0.717) is 11.8 Å². The molecule has 2 atom stereocenters. The van der Waals surface area contributed by atoms with Crippen LogP contribution in [0.5, 0.6) is 0 Å². The molecule has 2 aliphatic carbocycles. The van der Waals surface area contributed by atoms with Crippen LogP contribution in [-0.2, 0) is 0 Å². The van der Waals surface area contributed by atoms with Crippen LogP contribution in [0.25, 0.3) is 16.3 Å². The van der Waals surface area contributed by atoms with Crippen molar-refractivity contribution in [3.05, 3.63) is 59.4 Å². The van der Waals surface area contributed by atoms with Gasteiger partial charge in [-0.25, -0.2) is 0 Å². The number of hydrogen-bond donors (Lipinski definition) is 0. The summed E-state index contributed by atoms with van der Waals surface area (Å²) in [6.07, 6.45) is 13.6. The molecule has 0 amide bonds. The Morgan fingerprint density at radius 3 is 2.56 bits per heavy atom. The van der Waals surface area contributed by atoms with E-state index in [4.69, 9.17) is 4.98 Å². The second-order valence-corrected chi connectivity index (χ2v) is 8.13. The van der Waals surface area contributed by atoms with Crippen molar-refractivity contribution < 1.29 is 0 Å². The van der Waals surface area contributed by atoms with E-state index in [9.17, 15) is 0 Å². The zero-order valence-electron chi connectivity index (χ0n) is 15.8. The molecule has 1 heterocycles. The summed E-state index contributed by atoms with van der Waals surface area (Å²) in [4.78, 5) is 4.75. The summed E-state index contributed by atoms with van der Waals surface area (Å²) in [5.74, 6) is 1.95. The van der Waals surface area contributed by atoms with Crippen LogP contribution in [0.1, 0.15) is 70.1 Å². The molecule has 2 aromatic rings. The summed E-state index contributed by atoms with van der Waals surface area (Å²) in [6, 6.07) is 9.27. The van der Waals surface area contributed by atoms with Crippen LogP contribution in [0.4, 0.5) is 0 Å². The second-order valence-electron chi connectivity index (χ2n) is 8.13. The fraction of sp³-hybridized carbons (Fsp3) is 0.458. The van der Waals surface area contributed by atoms with E-state index in [-0.39, 0.29) is 0 Å². The number of allylic oxidation sites excluding steroid dienone is 4. The highest BCUT2D eigenvalue weighted by Crippen LogP contribution is 2.37. The van der Waals surface area contributed by atoms with E-state index in [1.165, 1.54) is 59.6 Å². The van der Waals surface area contributed by atoms with Gasteiger partial charge in [-0.2, -0.15) is 0 Å². The molecular weight excluding hydrogens is 302 g/mol. The summed E-state index contributed by atoms with van der Waals surface area (Å²) in [5.41, 5.74) is 5.42. The first-order chi connectivity index (χ1) is 12.1. The number of nitrogens with zero attached hydrogens (tertiary/aromatic N) is 1. The molecule has 0 spiro atoms. The molecule has 4 rings (SSSR count). The molecule has 0 N–H and O–H groups in total. The van der Waals surface area contributed by atoms with E-state index in [1.807, 2.05) is 6.20 Å². The average molecular weight is 332 g/mol. The Bertz CT molecular complexity index is 836. The molecule has 1 fully saturated rings. The van der Waals surface area contributed by atoms with Crippen LogP contribution < -0.4 is 0 Å². The first kappa shape index (κ1) is 16.6. The van der Waals surface area contributed by atoms with Gasteiger partial charge in [0.25, 0.3) is 0 Å². The minimum absolute atomic E-state index is 0.568. The molecule has 0 bridgehead atoms. The predicted octanol–water partition coefficient (Wildman–Crippen LogP) is 6.90. The van der Waals surface area contributed by atoms with E-state index < -0.39 is 0 Å². The van der Waals surface area contributed by atoms with Gasteiger partial charge in [0.1, 0.15) is 0 Å². The van der Waals surface area contributed by atoms with Gasteiger partial charge in [0.2, 0.25) is 0 Å². The Balaban J connectivity index is 1.75. The summed E-state index contributed by atoms with van der Waals surface area (Å²) < 4.78 is 0. The SMILES string of the molecule is CC1=CC(c2nccc3cc(C4CCCCC4)ccc23)=CC(C)C1C. The molecule has 130 valence electrons. The van der Waals surface area contributed by atoms with Crippen molar-refractivity contribution in [1.82, 2.24) is 4.98 Å². The second kappa shape index (κ2) is 6.78. The standard InChI is InChI=1S/C24H29N/c1-16-13-22(14-17(2)18(16)3)24-23-10-9-20(15-21(23)11-12-25-24)19-7-5-4-6-8-19/h9-16,18-19H,4-8H2,1-3H3. The number of benzene rings is 1. The van der Waals surface area contributed by atoms with Gasteiger partial charge >= 0.3 is 0 Å². The predicted molar refractivity (Wildman–Crippen MR) is 108 cm³/mol. The number of hydrogen-bond acceptors (Lipinski definition) is 1. The van der Waals surface area contributed by atoms with Crippen molar-refractivity contribution in [2.24, 2.45) is 11.8 Å². The lowest BCUT2D eigenvalue weighted by atomic mass is 9.81. The van der Waals surface area contributed by atoms with Crippen LogP contribution in [0.2, 0.25) is 0 Å². The van der Waals surface area contributed by atoms with Gasteiger partial charge in [0.05, 0.1) is 5.69 Å². The normalized spacial score (nSPS) is 24.9. The topological polar surface area (TPSA) is 12.9 Å². The van der Waals surface area contributed by atoms with Gasteiger partial charge in [-0.05, 0) is 60.1 Å². The van der Waals surface area contributed by atoms with Gasteiger partial charge in [-0.1, -0.05) is 69.0 Å². The zero-order valence-corrected chi connectivity index (χ0v) is 15.8. The van der Waals surface area contributed by atoms with Crippen molar-refractivity contribution in [3.8, 4) is 0 Å². The first-order valence-corrected chi connectivity index (χ1v) is 9.92. The fourth-order valence-corrected chi connectivity index (χ4v) is 4.53. The van der Waals surface area contributed by atoms with E-state index >= 15 is 0 Å². The summed E-state index contributed by atoms with van der Waals surface area (Å²) in [6.45, 7) is 6.88. The van der Waals surface area contributed by atoms with Crippen LogP contribution in [0.15, 0.2) is 48.2 Å². The Morgan fingerprint density at radius 1 is 1.00 bits per heavy atom. The molecule has 0 radical (unpaired) electrons. The quantitative estimate of drug-likeness (QED) is 0.583. The highest BCUT2D eigenvalue weighted by Gasteiger charge is 2.20. The van der Waals surface area contributed by atoms with Crippen LogP contribution in [0.3, 0.4) is 0 Å². The maximum atomic E-state index is 4.75. The molecule has 1 aromatic carbocycles.